The summed E-state index contributed by atoms with van der Waals surface area (Å²) < 4.78 is 6.63. The van der Waals surface area contributed by atoms with Gasteiger partial charge in [0.2, 0.25) is 0 Å². The molecule has 78 valence electrons. The van der Waals surface area contributed by atoms with Crippen molar-refractivity contribution < 1.29 is 4.74 Å². The fourth-order valence-electron chi connectivity index (χ4n) is 1.19. The Hall–Kier alpha value is -0.340. The van der Waals surface area contributed by atoms with Crippen LogP contribution in [-0.4, -0.2) is 13.2 Å². The molecule has 2 heteroatoms. The van der Waals surface area contributed by atoms with E-state index in [1.165, 1.54) is 18.4 Å². The van der Waals surface area contributed by atoms with Crippen molar-refractivity contribution in [2.24, 2.45) is 0 Å². The van der Waals surface area contributed by atoms with E-state index in [-0.39, 0.29) is 0 Å². The molecule has 0 fully saturated rings. The zero-order valence-corrected chi connectivity index (χ0v) is 10.2. The Labute approximate surface area is 94.6 Å². The third-order valence-electron chi connectivity index (χ3n) is 2.09. The summed E-state index contributed by atoms with van der Waals surface area (Å²) >= 11 is 3.42. The summed E-state index contributed by atoms with van der Waals surface area (Å²) in [4.78, 5) is 0. The van der Waals surface area contributed by atoms with E-state index in [0.717, 1.165) is 24.1 Å². The minimum absolute atomic E-state index is 0.835. The largest absolute Gasteiger partial charge is 0.381 e. The second-order valence-electron chi connectivity index (χ2n) is 3.34. The predicted molar refractivity (Wildman–Crippen MR) is 63.6 cm³/mol. The lowest BCUT2D eigenvalue weighted by Crippen LogP contribution is -1.99. The fourth-order valence-corrected chi connectivity index (χ4v) is 1.45. The van der Waals surface area contributed by atoms with E-state index in [1.54, 1.807) is 0 Å². The van der Waals surface area contributed by atoms with Gasteiger partial charge in [0, 0.05) is 11.1 Å². The first-order chi connectivity index (χ1) is 6.83. The number of unbranched alkanes of at least 4 members (excludes halogenated alkanes) is 1. The van der Waals surface area contributed by atoms with E-state index in [9.17, 15) is 0 Å². The molecule has 0 aliphatic heterocycles. The van der Waals surface area contributed by atoms with Crippen molar-refractivity contribution >= 4 is 15.9 Å². The van der Waals surface area contributed by atoms with Crippen LogP contribution in [0.5, 0.6) is 0 Å². The van der Waals surface area contributed by atoms with Gasteiger partial charge in [-0.15, -0.1) is 0 Å². The predicted octanol–water partition coefficient (Wildman–Crippen LogP) is 3.81. The second-order valence-corrected chi connectivity index (χ2v) is 4.26. The van der Waals surface area contributed by atoms with E-state index in [0.29, 0.717) is 0 Å². The Morgan fingerprint density at radius 3 is 2.50 bits per heavy atom. The molecule has 0 unspecified atom stereocenters. The molecule has 1 aromatic rings. The lowest BCUT2D eigenvalue weighted by Gasteiger charge is -2.03. The number of rotatable bonds is 6. The molecule has 14 heavy (non-hydrogen) atoms. The quantitative estimate of drug-likeness (QED) is 0.704. The minimum Gasteiger partial charge on any atom is -0.381 e. The smallest absolute Gasteiger partial charge is 0.0506 e. The van der Waals surface area contributed by atoms with Crippen LogP contribution in [-0.2, 0) is 11.2 Å². The first kappa shape index (κ1) is 11.7. The zero-order valence-electron chi connectivity index (χ0n) is 8.63. The molecule has 0 bridgehead atoms. The molecule has 1 nitrogen and oxygen atoms in total. The molecule has 0 saturated carbocycles. The van der Waals surface area contributed by atoms with Gasteiger partial charge in [0.25, 0.3) is 0 Å². The van der Waals surface area contributed by atoms with Gasteiger partial charge in [0.05, 0.1) is 6.61 Å². The summed E-state index contributed by atoms with van der Waals surface area (Å²) in [6.45, 7) is 3.91. The van der Waals surface area contributed by atoms with E-state index in [4.69, 9.17) is 4.74 Å². The summed E-state index contributed by atoms with van der Waals surface area (Å²) in [6.07, 6.45) is 3.38. The van der Waals surface area contributed by atoms with Crippen molar-refractivity contribution in [3.8, 4) is 0 Å². The highest BCUT2D eigenvalue weighted by atomic mass is 79.9. The monoisotopic (exact) mass is 256 g/mol. The number of benzene rings is 1. The fraction of sp³-hybridized carbons (Fsp3) is 0.500. The Morgan fingerprint density at radius 1 is 1.14 bits per heavy atom. The van der Waals surface area contributed by atoms with E-state index in [1.807, 2.05) is 0 Å². The van der Waals surface area contributed by atoms with Crippen molar-refractivity contribution in [3.05, 3.63) is 34.3 Å². The number of hydrogen-bond acceptors (Lipinski definition) is 1. The normalized spacial score (nSPS) is 10.4. The molecule has 1 aromatic carbocycles. The highest BCUT2D eigenvalue weighted by Crippen LogP contribution is 2.10. The van der Waals surface area contributed by atoms with Crippen LogP contribution in [0.2, 0.25) is 0 Å². The van der Waals surface area contributed by atoms with Gasteiger partial charge < -0.3 is 4.74 Å². The van der Waals surface area contributed by atoms with E-state index >= 15 is 0 Å². The van der Waals surface area contributed by atoms with Crippen LogP contribution in [0.15, 0.2) is 28.7 Å². The molecule has 0 amide bonds. The Balaban J connectivity index is 2.15. The number of ether oxygens (including phenoxy) is 1. The number of halogens is 1. The third kappa shape index (κ3) is 4.77. The van der Waals surface area contributed by atoms with Crippen molar-refractivity contribution in [2.45, 2.75) is 26.2 Å². The molecule has 0 saturated heterocycles. The van der Waals surface area contributed by atoms with Gasteiger partial charge in [0.15, 0.2) is 0 Å². The lowest BCUT2D eigenvalue weighted by molar-refractivity contribution is 0.134. The SMILES string of the molecule is CCCCOCCc1ccc(Br)cc1. The average molecular weight is 257 g/mol. The summed E-state index contributed by atoms with van der Waals surface area (Å²) in [5.41, 5.74) is 1.34. The maximum absolute atomic E-state index is 5.50. The maximum Gasteiger partial charge on any atom is 0.0506 e. The summed E-state index contributed by atoms with van der Waals surface area (Å²) in [5, 5.41) is 0. The van der Waals surface area contributed by atoms with Gasteiger partial charge in [-0.25, -0.2) is 0 Å². The molecular weight excluding hydrogens is 240 g/mol. The number of hydrogen-bond donors (Lipinski definition) is 0. The molecule has 0 atom stereocenters. The van der Waals surface area contributed by atoms with Gasteiger partial charge in [-0.05, 0) is 30.5 Å². The molecule has 0 spiro atoms. The van der Waals surface area contributed by atoms with Gasteiger partial charge >= 0.3 is 0 Å². The molecule has 1 rings (SSSR count). The Morgan fingerprint density at radius 2 is 1.86 bits per heavy atom. The van der Waals surface area contributed by atoms with E-state index < -0.39 is 0 Å². The molecule has 0 N–H and O–H groups in total. The molecule has 0 heterocycles. The average Bonchev–Trinajstić information content (AvgIpc) is 2.21. The molecule has 0 radical (unpaired) electrons. The van der Waals surface area contributed by atoms with Crippen molar-refractivity contribution in [2.75, 3.05) is 13.2 Å². The van der Waals surface area contributed by atoms with Gasteiger partial charge in [-0.1, -0.05) is 41.4 Å². The minimum atomic E-state index is 0.835. The van der Waals surface area contributed by atoms with Crippen molar-refractivity contribution in [3.63, 3.8) is 0 Å². The molecule has 0 aromatic heterocycles. The molecular formula is C12H17BrO. The Bertz CT molecular complexity index is 243. The van der Waals surface area contributed by atoms with Crippen molar-refractivity contribution in [1.82, 2.24) is 0 Å². The van der Waals surface area contributed by atoms with Gasteiger partial charge in [-0.2, -0.15) is 0 Å². The first-order valence-corrected chi connectivity index (χ1v) is 5.94. The van der Waals surface area contributed by atoms with Crippen LogP contribution < -0.4 is 0 Å². The van der Waals surface area contributed by atoms with Gasteiger partial charge in [0.1, 0.15) is 0 Å². The van der Waals surface area contributed by atoms with Crippen LogP contribution >= 0.6 is 15.9 Å². The highest BCUT2D eigenvalue weighted by Gasteiger charge is 1.93. The van der Waals surface area contributed by atoms with Gasteiger partial charge in [-0.3, -0.25) is 0 Å². The maximum atomic E-state index is 5.50. The van der Waals surface area contributed by atoms with Crippen LogP contribution in [0, 0.1) is 0 Å². The van der Waals surface area contributed by atoms with Crippen LogP contribution in [0.3, 0.4) is 0 Å². The highest BCUT2D eigenvalue weighted by molar-refractivity contribution is 9.10. The second kappa shape index (κ2) is 7.02. The zero-order chi connectivity index (χ0) is 10.2. The summed E-state index contributed by atoms with van der Waals surface area (Å²) in [5.74, 6) is 0. The van der Waals surface area contributed by atoms with Crippen LogP contribution in [0.4, 0.5) is 0 Å². The summed E-state index contributed by atoms with van der Waals surface area (Å²) in [7, 11) is 0. The molecule has 0 aliphatic carbocycles. The van der Waals surface area contributed by atoms with Crippen molar-refractivity contribution in [1.29, 1.82) is 0 Å². The van der Waals surface area contributed by atoms with Crippen LogP contribution in [0.25, 0.3) is 0 Å². The lowest BCUT2D eigenvalue weighted by atomic mass is 10.2. The summed E-state index contributed by atoms with van der Waals surface area (Å²) in [6, 6.07) is 8.41. The third-order valence-corrected chi connectivity index (χ3v) is 2.62. The standard InChI is InChI=1S/C12H17BrO/c1-2-3-9-14-10-8-11-4-6-12(13)7-5-11/h4-7H,2-3,8-10H2,1H3. The Kier molecular flexibility index (Phi) is 5.88. The topological polar surface area (TPSA) is 9.23 Å². The van der Waals surface area contributed by atoms with Crippen LogP contribution in [0.1, 0.15) is 25.3 Å². The first-order valence-electron chi connectivity index (χ1n) is 5.15. The van der Waals surface area contributed by atoms with E-state index in [2.05, 4.69) is 47.1 Å². The molecule has 0 aliphatic rings.